The molecule has 0 saturated carbocycles. The molecule has 3 nitrogen and oxygen atoms in total. The summed E-state index contributed by atoms with van der Waals surface area (Å²) < 4.78 is 37.2. The van der Waals surface area contributed by atoms with E-state index < -0.39 is 11.9 Å². The Morgan fingerprint density at radius 2 is 1.72 bits per heavy atom. The molecule has 2 rings (SSSR count). The van der Waals surface area contributed by atoms with Crippen molar-refractivity contribution in [3.8, 4) is 0 Å². The molecular formula is C18H19F3N2OS. The lowest BCUT2D eigenvalue weighted by Gasteiger charge is -2.14. The second kappa shape index (κ2) is 8.29. The summed E-state index contributed by atoms with van der Waals surface area (Å²) in [7, 11) is 0. The van der Waals surface area contributed by atoms with E-state index >= 15 is 0 Å². The molecule has 0 spiro atoms. The number of amides is 1. The molecule has 0 radical (unpaired) electrons. The molecule has 0 aliphatic heterocycles. The first-order valence-electron chi connectivity index (χ1n) is 7.65. The number of benzene rings is 2. The van der Waals surface area contributed by atoms with E-state index in [2.05, 4.69) is 10.6 Å². The molecule has 0 unspecified atom stereocenters. The number of halogens is 3. The Kier molecular flexibility index (Phi) is 6.36. The van der Waals surface area contributed by atoms with Crippen LogP contribution >= 0.6 is 11.8 Å². The van der Waals surface area contributed by atoms with Crippen molar-refractivity contribution in [2.45, 2.75) is 24.9 Å². The van der Waals surface area contributed by atoms with Crippen molar-refractivity contribution in [1.82, 2.24) is 0 Å². The van der Waals surface area contributed by atoms with Crippen molar-refractivity contribution in [2.24, 2.45) is 0 Å². The summed E-state index contributed by atoms with van der Waals surface area (Å²) in [6, 6.07) is 12.3. The van der Waals surface area contributed by atoms with Crippen molar-refractivity contribution >= 4 is 29.0 Å². The Morgan fingerprint density at radius 3 is 2.44 bits per heavy atom. The first-order valence-corrected chi connectivity index (χ1v) is 8.63. The summed E-state index contributed by atoms with van der Waals surface area (Å²) in [6.07, 6.45) is -4.24. The highest BCUT2D eigenvalue weighted by molar-refractivity contribution is 7.99. The lowest BCUT2D eigenvalue weighted by atomic mass is 10.1. The van der Waals surface area contributed by atoms with E-state index in [1.807, 2.05) is 32.0 Å². The molecule has 0 fully saturated rings. The van der Waals surface area contributed by atoms with Crippen molar-refractivity contribution in [2.75, 3.05) is 22.9 Å². The number of rotatable bonds is 6. The van der Waals surface area contributed by atoms with Crippen molar-refractivity contribution < 1.29 is 18.0 Å². The van der Waals surface area contributed by atoms with Crippen LogP contribution < -0.4 is 10.6 Å². The third-order valence-corrected chi connectivity index (χ3v) is 4.74. The first kappa shape index (κ1) is 19.2. The number of carbonyl (C=O) groups excluding carboxylic acids is 1. The first-order chi connectivity index (χ1) is 11.8. The molecule has 0 heterocycles. The Hall–Kier alpha value is -2.15. The summed E-state index contributed by atoms with van der Waals surface area (Å²) in [4.78, 5) is 12.6. The standard InChI is InChI=1S/C18H19F3N2OS/c1-12-6-5-8-14(13(12)2)23-17(24)10-22-15-7-3-4-9-16(15)25-11-18(19,20)21/h3-9,22H,10-11H2,1-2H3,(H,23,24). The van der Waals surface area contributed by atoms with E-state index in [-0.39, 0.29) is 12.5 Å². The molecule has 0 bridgehead atoms. The van der Waals surface area contributed by atoms with E-state index in [0.29, 0.717) is 22.3 Å². The summed E-state index contributed by atoms with van der Waals surface area (Å²) in [6.45, 7) is 3.84. The molecule has 0 aliphatic carbocycles. The zero-order chi connectivity index (χ0) is 18.4. The molecule has 2 aromatic carbocycles. The predicted molar refractivity (Wildman–Crippen MR) is 96.3 cm³/mol. The minimum absolute atomic E-state index is 0.0308. The van der Waals surface area contributed by atoms with Gasteiger partial charge in [0.05, 0.1) is 12.3 Å². The average Bonchev–Trinajstić information content (AvgIpc) is 2.55. The van der Waals surface area contributed by atoms with Gasteiger partial charge < -0.3 is 10.6 Å². The van der Waals surface area contributed by atoms with Crippen LogP contribution in [0.15, 0.2) is 47.4 Å². The highest BCUT2D eigenvalue weighted by Gasteiger charge is 2.27. The Bertz CT molecular complexity index is 747. The fourth-order valence-electron chi connectivity index (χ4n) is 2.15. The van der Waals surface area contributed by atoms with E-state index in [1.54, 1.807) is 24.3 Å². The summed E-state index contributed by atoms with van der Waals surface area (Å²) in [5.74, 6) is -1.23. The van der Waals surface area contributed by atoms with E-state index in [1.165, 1.54) is 0 Å². The Morgan fingerprint density at radius 1 is 1.04 bits per heavy atom. The number of hydrogen-bond acceptors (Lipinski definition) is 3. The van der Waals surface area contributed by atoms with Crippen LogP contribution in [0.1, 0.15) is 11.1 Å². The van der Waals surface area contributed by atoms with Crippen molar-refractivity contribution in [3.63, 3.8) is 0 Å². The van der Waals surface area contributed by atoms with Crippen LogP contribution in [0.25, 0.3) is 0 Å². The summed E-state index contributed by atoms with van der Waals surface area (Å²) in [5.41, 5.74) is 3.29. The molecule has 25 heavy (non-hydrogen) atoms. The lowest BCUT2D eigenvalue weighted by molar-refractivity contribution is -0.114. The second-order valence-electron chi connectivity index (χ2n) is 5.55. The zero-order valence-electron chi connectivity index (χ0n) is 13.9. The third-order valence-electron chi connectivity index (χ3n) is 3.60. The van der Waals surface area contributed by atoms with Gasteiger partial charge >= 0.3 is 6.18 Å². The normalized spacial score (nSPS) is 11.2. The fraction of sp³-hybridized carbons (Fsp3) is 0.278. The van der Waals surface area contributed by atoms with Crippen LogP contribution in [0, 0.1) is 13.8 Å². The maximum atomic E-state index is 12.4. The number of anilines is 2. The summed E-state index contributed by atoms with van der Waals surface area (Å²) >= 11 is 0.695. The molecule has 0 aromatic heterocycles. The van der Waals surface area contributed by atoms with Gasteiger partial charge in [-0.1, -0.05) is 24.3 Å². The molecule has 1 amide bonds. The summed E-state index contributed by atoms with van der Waals surface area (Å²) in [5, 5.41) is 5.71. The van der Waals surface area contributed by atoms with Gasteiger partial charge in [-0.15, -0.1) is 11.8 Å². The molecule has 0 atom stereocenters. The van der Waals surface area contributed by atoms with E-state index in [9.17, 15) is 18.0 Å². The van der Waals surface area contributed by atoms with Crippen LogP contribution in [0.5, 0.6) is 0 Å². The Labute approximate surface area is 149 Å². The van der Waals surface area contributed by atoms with Gasteiger partial charge in [-0.05, 0) is 43.2 Å². The third kappa shape index (κ3) is 6.01. The zero-order valence-corrected chi connectivity index (χ0v) is 14.7. The van der Waals surface area contributed by atoms with E-state index in [4.69, 9.17) is 0 Å². The molecule has 0 saturated heterocycles. The van der Waals surface area contributed by atoms with Gasteiger partial charge in [-0.2, -0.15) is 13.2 Å². The highest BCUT2D eigenvalue weighted by Crippen LogP contribution is 2.32. The molecule has 0 aliphatic rings. The smallest absolute Gasteiger partial charge is 0.375 e. The van der Waals surface area contributed by atoms with Crippen LogP contribution in [0.3, 0.4) is 0 Å². The lowest BCUT2D eigenvalue weighted by Crippen LogP contribution is -2.22. The van der Waals surface area contributed by atoms with Crippen LogP contribution in [0.4, 0.5) is 24.5 Å². The minimum Gasteiger partial charge on any atom is -0.375 e. The van der Waals surface area contributed by atoms with Gasteiger partial charge in [0.1, 0.15) is 0 Å². The topological polar surface area (TPSA) is 41.1 Å². The minimum atomic E-state index is -4.24. The molecule has 2 aromatic rings. The number of alkyl halides is 3. The van der Waals surface area contributed by atoms with Crippen molar-refractivity contribution in [3.05, 3.63) is 53.6 Å². The molecule has 2 N–H and O–H groups in total. The SMILES string of the molecule is Cc1cccc(NC(=O)CNc2ccccc2SCC(F)(F)F)c1C. The quantitative estimate of drug-likeness (QED) is 0.705. The van der Waals surface area contributed by atoms with Crippen LogP contribution in [-0.4, -0.2) is 24.4 Å². The average molecular weight is 368 g/mol. The van der Waals surface area contributed by atoms with Crippen LogP contribution in [-0.2, 0) is 4.79 Å². The van der Waals surface area contributed by atoms with Crippen molar-refractivity contribution in [1.29, 1.82) is 0 Å². The van der Waals surface area contributed by atoms with Gasteiger partial charge in [0.15, 0.2) is 0 Å². The largest absolute Gasteiger partial charge is 0.398 e. The molecule has 134 valence electrons. The number of thioether (sulfide) groups is 1. The van der Waals surface area contributed by atoms with Gasteiger partial charge in [0.25, 0.3) is 0 Å². The number of hydrogen-bond donors (Lipinski definition) is 2. The maximum absolute atomic E-state index is 12.4. The van der Waals surface area contributed by atoms with E-state index in [0.717, 1.165) is 16.8 Å². The van der Waals surface area contributed by atoms with Gasteiger partial charge in [-0.25, -0.2) is 0 Å². The second-order valence-corrected chi connectivity index (χ2v) is 6.57. The van der Waals surface area contributed by atoms with Gasteiger partial charge in [-0.3, -0.25) is 4.79 Å². The monoisotopic (exact) mass is 368 g/mol. The number of nitrogens with one attached hydrogen (secondary N) is 2. The fourth-order valence-corrected chi connectivity index (χ4v) is 2.94. The van der Waals surface area contributed by atoms with Crippen LogP contribution in [0.2, 0.25) is 0 Å². The molecular weight excluding hydrogens is 349 g/mol. The van der Waals surface area contributed by atoms with Gasteiger partial charge in [0, 0.05) is 16.3 Å². The number of carbonyl (C=O) groups is 1. The Balaban J connectivity index is 1.97. The number of para-hydroxylation sites is 1. The predicted octanol–water partition coefficient (Wildman–Crippen LogP) is 5.01. The van der Waals surface area contributed by atoms with Gasteiger partial charge in [0.2, 0.25) is 5.91 Å². The highest BCUT2D eigenvalue weighted by atomic mass is 32.2. The molecule has 7 heteroatoms. The maximum Gasteiger partial charge on any atom is 0.398 e. The number of aryl methyl sites for hydroxylation is 1.